The van der Waals surface area contributed by atoms with Crippen molar-refractivity contribution < 1.29 is 26.3 Å². The standard InChI is InChI=1S/C19H12F6N4/c1-17(2)18(21,22)13-9(5-3-6-10(13)19(23,24)25)14(27-17)16-26-12-8-4-7-11(20)15(12)28-29-16/h3-8H,1-2H3. The predicted octanol–water partition coefficient (Wildman–Crippen LogP) is 4.90. The molecule has 0 unspecified atom stereocenters. The third kappa shape index (κ3) is 2.85. The van der Waals surface area contributed by atoms with Gasteiger partial charge in [0.2, 0.25) is 5.82 Å². The van der Waals surface area contributed by atoms with Crippen LogP contribution in [0.15, 0.2) is 41.4 Å². The maximum absolute atomic E-state index is 15.0. The first-order valence-corrected chi connectivity index (χ1v) is 8.41. The lowest BCUT2D eigenvalue weighted by Gasteiger charge is -2.38. The van der Waals surface area contributed by atoms with E-state index in [-0.39, 0.29) is 22.6 Å². The van der Waals surface area contributed by atoms with E-state index in [1.807, 2.05) is 0 Å². The Bertz CT molecular complexity index is 1170. The summed E-state index contributed by atoms with van der Waals surface area (Å²) < 4.78 is 84.4. The molecule has 29 heavy (non-hydrogen) atoms. The lowest BCUT2D eigenvalue weighted by Crippen LogP contribution is -2.45. The van der Waals surface area contributed by atoms with Crippen LogP contribution in [0, 0.1) is 5.82 Å². The molecule has 2 heterocycles. The van der Waals surface area contributed by atoms with E-state index >= 15 is 8.78 Å². The van der Waals surface area contributed by atoms with E-state index in [0.29, 0.717) is 6.07 Å². The molecule has 0 N–H and O–H groups in total. The monoisotopic (exact) mass is 410 g/mol. The Morgan fingerprint density at radius 1 is 0.931 bits per heavy atom. The fourth-order valence-electron chi connectivity index (χ4n) is 3.24. The molecule has 0 spiro atoms. The van der Waals surface area contributed by atoms with Crippen molar-refractivity contribution in [1.29, 1.82) is 0 Å². The Morgan fingerprint density at radius 2 is 1.62 bits per heavy atom. The van der Waals surface area contributed by atoms with Crippen molar-refractivity contribution in [2.75, 3.05) is 0 Å². The number of rotatable bonds is 1. The van der Waals surface area contributed by atoms with E-state index < -0.39 is 40.1 Å². The van der Waals surface area contributed by atoms with Crippen LogP contribution in [0.3, 0.4) is 0 Å². The highest BCUT2D eigenvalue weighted by Gasteiger charge is 2.56. The number of benzene rings is 2. The molecule has 10 heteroatoms. The molecular formula is C19H12F6N4. The number of alkyl halides is 5. The van der Waals surface area contributed by atoms with E-state index in [9.17, 15) is 17.6 Å². The molecule has 0 bridgehead atoms. The molecule has 4 nitrogen and oxygen atoms in total. The smallest absolute Gasteiger partial charge is 0.268 e. The van der Waals surface area contributed by atoms with Gasteiger partial charge < -0.3 is 0 Å². The highest BCUT2D eigenvalue weighted by atomic mass is 19.4. The quantitative estimate of drug-likeness (QED) is 0.536. The summed E-state index contributed by atoms with van der Waals surface area (Å²) in [5, 5.41) is 7.44. The van der Waals surface area contributed by atoms with Crippen LogP contribution < -0.4 is 0 Å². The maximum atomic E-state index is 15.0. The van der Waals surface area contributed by atoms with Crippen LogP contribution in [0.4, 0.5) is 26.3 Å². The Labute approximate surface area is 160 Å². The molecule has 0 aliphatic carbocycles. The Hall–Kier alpha value is -3.04. The van der Waals surface area contributed by atoms with Crippen LogP contribution in [0.1, 0.15) is 36.4 Å². The molecule has 1 aliphatic heterocycles. The zero-order valence-electron chi connectivity index (χ0n) is 15.0. The van der Waals surface area contributed by atoms with Gasteiger partial charge in [0.05, 0.1) is 11.1 Å². The lowest BCUT2D eigenvalue weighted by molar-refractivity contribution is -0.145. The van der Waals surface area contributed by atoms with Gasteiger partial charge in [0.15, 0.2) is 5.82 Å². The zero-order valence-corrected chi connectivity index (χ0v) is 15.0. The highest BCUT2D eigenvalue weighted by Crippen LogP contribution is 2.50. The lowest BCUT2D eigenvalue weighted by atomic mass is 9.80. The number of halogens is 6. The molecule has 0 saturated carbocycles. The van der Waals surface area contributed by atoms with Gasteiger partial charge in [-0.2, -0.15) is 22.0 Å². The summed E-state index contributed by atoms with van der Waals surface area (Å²) in [6, 6.07) is 6.65. The van der Waals surface area contributed by atoms with E-state index in [1.165, 1.54) is 12.1 Å². The second-order valence-corrected chi connectivity index (χ2v) is 7.06. The van der Waals surface area contributed by atoms with Crippen molar-refractivity contribution in [3.05, 3.63) is 64.7 Å². The van der Waals surface area contributed by atoms with Gasteiger partial charge in [0.25, 0.3) is 5.92 Å². The molecule has 1 aliphatic rings. The highest BCUT2D eigenvalue weighted by molar-refractivity contribution is 6.13. The van der Waals surface area contributed by atoms with Crippen molar-refractivity contribution in [3.63, 3.8) is 0 Å². The molecule has 1 aromatic heterocycles. The molecule has 0 amide bonds. The van der Waals surface area contributed by atoms with Crippen LogP contribution in [-0.2, 0) is 12.1 Å². The van der Waals surface area contributed by atoms with Crippen molar-refractivity contribution in [3.8, 4) is 0 Å². The van der Waals surface area contributed by atoms with Gasteiger partial charge in [0.1, 0.15) is 16.8 Å². The van der Waals surface area contributed by atoms with E-state index in [1.54, 1.807) is 0 Å². The van der Waals surface area contributed by atoms with E-state index in [4.69, 9.17) is 0 Å². The topological polar surface area (TPSA) is 51.0 Å². The predicted molar refractivity (Wildman–Crippen MR) is 92.3 cm³/mol. The third-order valence-corrected chi connectivity index (χ3v) is 4.75. The van der Waals surface area contributed by atoms with Gasteiger partial charge >= 0.3 is 6.18 Å². The largest absolute Gasteiger partial charge is 0.416 e. The van der Waals surface area contributed by atoms with Crippen LogP contribution >= 0.6 is 0 Å². The number of aromatic nitrogens is 3. The van der Waals surface area contributed by atoms with Crippen molar-refractivity contribution in [2.24, 2.45) is 4.99 Å². The fraction of sp³-hybridized carbons (Fsp3) is 0.263. The minimum atomic E-state index is -5.00. The molecule has 0 atom stereocenters. The molecular weight excluding hydrogens is 398 g/mol. The first-order valence-electron chi connectivity index (χ1n) is 8.41. The van der Waals surface area contributed by atoms with Crippen molar-refractivity contribution >= 4 is 16.7 Å². The molecule has 2 aromatic carbocycles. The first kappa shape index (κ1) is 19.3. The van der Waals surface area contributed by atoms with Crippen molar-refractivity contribution in [1.82, 2.24) is 15.2 Å². The second kappa shape index (κ2) is 5.98. The summed E-state index contributed by atoms with van der Waals surface area (Å²) in [6.45, 7) is 2.05. The number of aliphatic imine (C=N–C) groups is 1. The van der Waals surface area contributed by atoms with Crippen LogP contribution in [0.5, 0.6) is 0 Å². The minimum Gasteiger partial charge on any atom is -0.268 e. The Kier molecular flexibility index (Phi) is 3.97. The molecule has 0 saturated heterocycles. The summed E-state index contributed by atoms with van der Waals surface area (Å²) in [7, 11) is 0. The SMILES string of the molecule is CC1(C)N=C(c2nnc3c(F)cccc3n2)c2cccc(C(F)(F)F)c2C1(F)F. The molecule has 0 radical (unpaired) electrons. The van der Waals surface area contributed by atoms with Crippen molar-refractivity contribution in [2.45, 2.75) is 31.5 Å². The van der Waals surface area contributed by atoms with E-state index in [2.05, 4.69) is 20.2 Å². The zero-order chi connectivity index (χ0) is 21.2. The van der Waals surface area contributed by atoms with Gasteiger partial charge in [-0.15, -0.1) is 10.2 Å². The number of hydrogen-bond donors (Lipinski definition) is 0. The first-order chi connectivity index (χ1) is 13.4. The van der Waals surface area contributed by atoms with Gasteiger partial charge in [-0.05, 0) is 32.0 Å². The summed E-state index contributed by atoms with van der Waals surface area (Å²) in [5.74, 6) is -4.87. The van der Waals surface area contributed by atoms with Crippen LogP contribution in [0.2, 0.25) is 0 Å². The van der Waals surface area contributed by atoms with Crippen LogP contribution in [-0.4, -0.2) is 26.4 Å². The van der Waals surface area contributed by atoms with Gasteiger partial charge in [-0.1, -0.05) is 18.2 Å². The molecule has 150 valence electrons. The number of hydrogen-bond acceptors (Lipinski definition) is 4. The Balaban J connectivity index is 2.03. The maximum Gasteiger partial charge on any atom is 0.416 e. The average molecular weight is 410 g/mol. The fourth-order valence-corrected chi connectivity index (χ4v) is 3.24. The summed E-state index contributed by atoms with van der Waals surface area (Å²) >= 11 is 0. The Morgan fingerprint density at radius 3 is 2.31 bits per heavy atom. The minimum absolute atomic E-state index is 0.0707. The molecule has 0 fully saturated rings. The number of fused-ring (bicyclic) bond motifs is 2. The number of nitrogens with zero attached hydrogens (tertiary/aromatic N) is 4. The van der Waals surface area contributed by atoms with Crippen LogP contribution in [0.25, 0.3) is 11.0 Å². The van der Waals surface area contributed by atoms with Gasteiger partial charge in [-0.25, -0.2) is 9.37 Å². The second-order valence-electron chi connectivity index (χ2n) is 7.06. The molecule has 4 rings (SSSR count). The molecule has 3 aromatic rings. The summed E-state index contributed by atoms with van der Waals surface area (Å²) in [4.78, 5) is 8.06. The summed E-state index contributed by atoms with van der Waals surface area (Å²) in [6.07, 6.45) is -5.00. The van der Waals surface area contributed by atoms with E-state index in [0.717, 1.165) is 32.0 Å². The third-order valence-electron chi connectivity index (χ3n) is 4.75. The summed E-state index contributed by atoms with van der Waals surface area (Å²) in [5.41, 5.74) is -5.65. The normalized spacial score (nSPS) is 17.7. The van der Waals surface area contributed by atoms with Gasteiger partial charge in [-0.3, -0.25) is 4.99 Å². The van der Waals surface area contributed by atoms with Gasteiger partial charge in [0, 0.05) is 11.1 Å². The average Bonchev–Trinajstić information content (AvgIpc) is 2.64.